The van der Waals surface area contributed by atoms with Gasteiger partial charge in [0, 0.05) is 30.6 Å². The maximum atomic E-state index is 12.5. The number of carbonyl (C=O) groups is 1. The molecule has 1 N–H and O–H groups in total. The predicted molar refractivity (Wildman–Crippen MR) is 101 cm³/mol. The van der Waals surface area contributed by atoms with Crippen molar-refractivity contribution < 1.29 is 4.79 Å². The van der Waals surface area contributed by atoms with Crippen LogP contribution in [0, 0.1) is 6.92 Å². The highest BCUT2D eigenvalue weighted by molar-refractivity contribution is 5.83. The number of carbonyl (C=O) groups excluding carboxylic acids is 1. The van der Waals surface area contributed by atoms with Gasteiger partial charge in [-0.3, -0.25) is 14.5 Å². The lowest BCUT2D eigenvalue weighted by Crippen LogP contribution is -2.43. The van der Waals surface area contributed by atoms with Crippen molar-refractivity contribution in [3.63, 3.8) is 0 Å². The van der Waals surface area contributed by atoms with Gasteiger partial charge in [0.15, 0.2) is 0 Å². The highest BCUT2D eigenvalue weighted by Gasteiger charge is 2.14. The average molecular weight is 344 g/mol. The molecule has 0 saturated carbocycles. The molecule has 0 aliphatic rings. The first-order valence-electron chi connectivity index (χ1n) is 8.80. The Labute approximate surface area is 148 Å². The van der Waals surface area contributed by atoms with Crippen LogP contribution >= 0.6 is 0 Å². The van der Waals surface area contributed by atoms with Gasteiger partial charge in [-0.1, -0.05) is 18.2 Å². The summed E-state index contributed by atoms with van der Waals surface area (Å²) < 4.78 is 1.25. The molecule has 0 radical (unpaired) electrons. The van der Waals surface area contributed by atoms with Gasteiger partial charge in [0.2, 0.25) is 5.91 Å². The van der Waals surface area contributed by atoms with Crippen LogP contribution in [0.5, 0.6) is 0 Å². The van der Waals surface area contributed by atoms with Crippen LogP contribution in [0.15, 0.2) is 29.1 Å². The van der Waals surface area contributed by atoms with Crippen molar-refractivity contribution in [2.24, 2.45) is 0 Å². The van der Waals surface area contributed by atoms with E-state index >= 15 is 0 Å². The molecule has 6 heteroatoms. The smallest absolute Gasteiger partial charge is 0.275 e. The number of hydrogen-bond donors (Lipinski definition) is 1. The van der Waals surface area contributed by atoms with Gasteiger partial charge in [-0.25, -0.2) is 4.68 Å². The molecule has 1 aromatic heterocycles. The molecule has 0 aliphatic carbocycles. The summed E-state index contributed by atoms with van der Waals surface area (Å²) in [6.07, 6.45) is 0. The third-order valence-corrected chi connectivity index (χ3v) is 4.36. The van der Waals surface area contributed by atoms with Crippen LogP contribution in [0.2, 0.25) is 0 Å². The number of rotatable bonds is 7. The summed E-state index contributed by atoms with van der Waals surface area (Å²) in [6, 6.07) is 8.18. The second kappa shape index (κ2) is 8.25. The Morgan fingerprint density at radius 1 is 1.16 bits per heavy atom. The fourth-order valence-corrected chi connectivity index (χ4v) is 3.14. The molecule has 0 spiro atoms. The third-order valence-electron chi connectivity index (χ3n) is 4.36. The van der Waals surface area contributed by atoms with Gasteiger partial charge < -0.3 is 5.32 Å². The van der Waals surface area contributed by atoms with Crippen LogP contribution in [0.25, 0.3) is 10.8 Å². The summed E-state index contributed by atoms with van der Waals surface area (Å²) >= 11 is 0. The Balaban J connectivity index is 2.03. The molecule has 1 heterocycles. The van der Waals surface area contributed by atoms with E-state index in [1.54, 1.807) is 6.07 Å². The van der Waals surface area contributed by atoms with Gasteiger partial charge in [-0.05, 0) is 40.7 Å². The third kappa shape index (κ3) is 4.66. The van der Waals surface area contributed by atoms with E-state index in [-0.39, 0.29) is 18.0 Å². The van der Waals surface area contributed by atoms with E-state index in [0.29, 0.717) is 24.0 Å². The lowest BCUT2D eigenvalue weighted by Gasteiger charge is -2.30. The molecule has 1 amide bonds. The Kier molecular flexibility index (Phi) is 6.31. The summed E-state index contributed by atoms with van der Waals surface area (Å²) in [5.74, 6) is -0.197. The number of benzene rings is 1. The molecule has 2 rings (SSSR count). The van der Waals surface area contributed by atoms with Crippen LogP contribution in [-0.4, -0.2) is 45.8 Å². The zero-order valence-electron chi connectivity index (χ0n) is 15.7. The molecule has 6 nitrogen and oxygen atoms in total. The zero-order valence-corrected chi connectivity index (χ0v) is 15.7. The Bertz CT molecular complexity index is 788. The molecule has 2 aromatic rings. The lowest BCUT2D eigenvalue weighted by molar-refractivity contribution is -0.122. The standard InChI is InChI=1S/C19H28N4O2/c1-13(2)22(14(3)4)11-10-20-18(24)12-23-19(25)17-9-7-6-8-16(17)15(5)21-23/h6-9,13-14H,10-12H2,1-5H3,(H,20,24). The number of nitrogens with one attached hydrogen (secondary N) is 1. The van der Waals surface area contributed by atoms with Crippen molar-refractivity contribution in [3.8, 4) is 0 Å². The van der Waals surface area contributed by atoms with Gasteiger partial charge in [-0.2, -0.15) is 5.10 Å². The van der Waals surface area contributed by atoms with Crippen LogP contribution in [0.1, 0.15) is 33.4 Å². The van der Waals surface area contributed by atoms with Gasteiger partial charge in [-0.15, -0.1) is 0 Å². The topological polar surface area (TPSA) is 67.2 Å². The summed E-state index contributed by atoms with van der Waals surface area (Å²) in [4.78, 5) is 27.0. The highest BCUT2D eigenvalue weighted by atomic mass is 16.2. The van der Waals surface area contributed by atoms with Crippen molar-refractivity contribution in [2.75, 3.05) is 13.1 Å². The van der Waals surface area contributed by atoms with Gasteiger partial charge in [0.25, 0.3) is 5.56 Å². The normalized spacial score (nSPS) is 11.7. The van der Waals surface area contributed by atoms with Crippen molar-refractivity contribution in [3.05, 3.63) is 40.3 Å². The SMILES string of the molecule is Cc1nn(CC(=O)NCCN(C(C)C)C(C)C)c(=O)c2ccccc12. The number of amides is 1. The minimum atomic E-state index is -0.234. The second-order valence-corrected chi connectivity index (χ2v) is 6.87. The fourth-order valence-electron chi connectivity index (χ4n) is 3.14. The van der Waals surface area contributed by atoms with E-state index in [1.807, 2.05) is 25.1 Å². The number of fused-ring (bicyclic) bond motifs is 1. The van der Waals surface area contributed by atoms with E-state index in [2.05, 4.69) is 43.0 Å². The summed E-state index contributed by atoms with van der Waals surface area (Å²) in [7, 11) is 0. The molecular weight excluding hydrogens is 316 g/mol. The van der Waals surface area contributed by atoms with E-state index < -0.39 is 0 Å². The lowest BCUT2D eigenvalue weighted by atomic mass is 10.1. The average Bonchev–Trinajstić information content (AvgIpc) is 2.55. The van der Waals surface area contributed by atoms with Crippen LogP contribution in [-0.2, 0) is 11.3 Å². The quantitative estimate of drug-likeness (QED) is 0.833. The first-order chi connectivity index (χ1) is 11.8. The first-order valence-corrected chi connectivity index (χ1v) is 8.80. The monoisotopic (exact) mass is 344 g/mol. The van der Waals surface area contributed by atoms with E-state index in [1.165, 1.54) is 4.68 Å². The minimum Gasteiger partial charge on any atom is -0.353 e. The molecule has 0 atom stereocenters. The number of aromatic nitrogens is 2. The molecule has 0 saturated heterocycles. The van der Waals surface area contributed by atoms with E-state index in [0.717, 1.165) is 17.6 Å². The van der Waals surface area contributed by atoms with E-state index in [9.17, 15) is 9.59 Å². The summed E-state index contributed by atoms with van der Waals surface area (Å²) in [5.41, 5.74) is 0.510. The van der Waals surface area contributed by atoms with Crippen molar-refractivity contribution in [2.45, 2.75) is 53.2 Å². The first kappa shape index (κ1) is 19.1. The van der Waals surface area contributed by atoms with Crippen LogP contribution in [0.3, 0.4) is 0 Å². The number of aryl methyl sites for hydroxylation is 1. The summed E-state index contributed by atoms with van der Waals surface area (Å²) in [5, 5.41) is 8.58. The maximum Gasteiger partial charge on any atom is 0.275 e. The predicted octanol–water partition coefficient (Wildman–Crippen LogP) is 1.94. The number of hydrogen-bond acceptors (Lipinski definition) is 4. The second-order valence-electron chi connectivity index (χ2n) is 6.87. The molecule has 136 valence electrons. The van der Waals surface area contributed by atoms with Crippen LogP contribution < -0.4 is 10.9 Å². The Hall–Kier alpha value is -2.21. The summed E-state index contributed by atoms with van der Waals surface area (Å²) in [6.45, 7) is 11.7. The van der Waals surface area contributed by atoms with Crippen molar-refractivity contribution in [1.29, 1.82) is 0 Å². The van der Waals surface area contributed by atoms with Gasteiger partial charge in [0.1, 0.15) is 6.54 Å². The van der Waals surface area contributed by atoms with Crippen LogP contribution in [0.4, 0.5) is 0 Å². The fraction of sp³-hybridized carbons (Fsp3) is 0.526. The molecule has 25 heavy (non-hydrogen) atoms. The highest BCUT2D eigenvalue weighted by Crippen LogP contribution is 2.11. The molecule has 0 aliphatic heterocycles. The van der Waals surface area contributed by atoms with Crippen molar-refractivity contribution >= 4 is 16.7 Å². The molecule has 0 fully saturated rings. The van der Waals surface area contributed by atoms with Gasteiger partial charge in [0.05, 0.1) is 11.1 Å². The van der Waals surface area contributed by atoms with E-state index in [4.69, 9.17) is 0 Å². The molecule has 1 aromatic carbocycles. The maximum absolute atomic E-state index is 12.5. The van der Waals surface area contributed by atoms with Crippen molar-refractivity contribution in [1.82, 2.24) is 20.0 Å². The Morgan fingerprint density at radius 2 is 1.76 bits per heavy atom. The largest absolute Gasteiger partial charge is 0.353 e. The zero-order chi connectivity index (χ0) is 18.6. The molecule has 0 bridgehead atoms. The molecule has 0 unspecified atom stereocenters. The number of nitrogens with zero attached hydrogens (tertiary/aromatic N) is 3. The Morgan fingerprint density at radius 3 is 2.36 bits per heavy atom. The molecular formula is C19H28N4O2. The minimum absolute atomic E-state index is 0.0616. The van der Waals surface area contributed by atoms with Gasteiger partial charge >= 0.3 is 0 Å².